The van der Waals surface area contributed by atoms with Gasteiger partial charge in [0.15, 0.2) is 0 Å². The monoisotopic (exact) mass is 217 g/mol. The number of rotatable bonds is 5. The molecule has 1 N–H and O–H groups in total. The molecule has 1 rings (SSSR count). The zero-order valence-corrected chi connectivity index (χ0v) is 10.4. The summed E-state index contributed by atoms with van der Waals surface area (Å²) >= 11 is 0. The fourth-order valence-electron chi connectivity index (χ4n) is 1.81. The summed E-state index contributed by atoms with van der Waals surface area (Å²) in [6.07, 6.45) is 9.78. The largest absolute Gasteiger partial charge is 0.317 e. The smallest absolute Gasteiger partial charge is 0.0421 e. The Bertz CT molecular complexity index is 290. The van der Waals surface area contributed by atoms with Crippen LogP contribution in [0.15, 0.2) is 24.3 Å². The van der Waals surface area contributed by atoms with E-state index in [2.05, 4.69) is 42.8 Å². The van der Waals surface area contributed by atoms with Gasteiger partial charge < -0.3 is 5.32 Å². The van der Waals surface area contributed by atoms with Gasteiger partial charge >= 0.3 is 0 Å². The van der Waals surface area contributed by atoms with Crippen molar-refractivity contribution in [1.29, 1.82) is 0 Å². The quantitative estimate of drug-likeness (QED) is 0.423. The minimum atomic E-state index is 0.393. The summed E-state index contributed by atoms with van der Waals surface area (Å²) in [4.78, 5) is 0. The molecule has 0 aromatic carbocycles. The van der Waals surface area contributed by atoms with Crippen LogP contribution in [0.25, 0.3) is 0 Å². The van der Waals surface area contributed by atoms with Crippen molar-refractivity contribution in [2.75, 3.05) is 13.1 Å². The predicted octanol–water partition coefficient (Wildman–Crippen LogP) is 3.29. The number of hydrogen-bond donors (Lipinski definition) is 1. The molecule has 0 radical (unpaired) electrons. The highest BCUT2D eigenvalue weighted by molar-refractivity contribution is 5.20. The van der Waals surface area contributed by atoms with Crippen molar-refractivity contribution in [1.82, 2.24) is 5.32 Å². The maximum Gasteiger partial charge on any atom is 0.0421 e. The third-order valence-electron chi connectivity index (χ3n) is 2.82. The van der Waals surface area contributed by atoms with Gasteiger partial charge in [-0.05, 0) is 38.8 Å². The maximum atomic E-state index is 4.17. The zero-order chi connectivity index (χ0) is 11.6. The van der Waals surface area contributed by atoms with E-state index in [1.807, 2.05) is 0 Å². The number of hydrogen-bond acceptors (Lipinski definition) is 1. The first-order valence-corrected chi connectivity index (χ1v) is 6.36. The molecule has 0 amide bonds. The van der Waals surface area contributed by atoms with Crippen molar-refractivity contribution >= 4 is 0 Å². The van der Waals surface area contributed by atoms with Gasteiger partial charge in [-0.25, -0.2) is 0 Å². The van der Waals surface area contributed by atoms with Crippen molar-refractivity contribution in [3.63, 3.8) is 0 Å². The van der Waals surface area contributed by atoms with Crippen LogP contribution in [0.5, 0.6) is 0 Å². The van der Waals surface area contributed by atoms with Crippen molar-refractivity contribution in [2.45, 2.75) is 39.0 Å². The first-order chi connectivity index (χ1) is 7.84. The van der Waals surface area contributed by atoms with Gasteiger partial charge in [-0.3, -0.25) is 0 Å². The molecule has 0 saturated heterocycles. The Morgan fingerprint density at radius 3 is 3.12 bits per heavy atom. The Morgan fingerprint density at radius 1 is 1.44 bits per heavy atom. The Hall–Kier alpha value is -1.00. The van der Waals surface area contributed by atoms with Crippen LogP contribution < -0.4 is 5.32 Å². The van der Waals surface area contributed by atoms with Crippen molar-refractivity contribution in [3.05, 3.63) is 24.3 Å². The third kappa shape index (κ3) is 5.19. The Morgan fingerprint density at radius 2 is 2.31 bits per heavy atom. The molecule has 0 aliphatic heterocycles. The second kappa shape index (κ2) is 8.19. The highest BCUT2D eigenvalue weighted by Crippen LogP contribution is 2.18. The van der Waals surface area contributed by atoms with Crippen molar-refractivity contribution in [2.24, 2.45) is 5.92 Å². The van der Waals surface area contributed by atoms with E-state index in [1.54, 1.807) is 0 Å². The van der Waals surface area contributed by atoms with E-state index in [0.29, 0.717) is 5.92 Å². The van der Waals surface area contributed by atoms with Crippen molar-refractivity contribution < 1.29 is 0 Å². The second-order valence-electron chi connectivity index (χ2n) is 4.28. The Kier molecular flexibility index (Phi) is 6.69. The van der Waals surface area contributed by atoms with Gasteiger partial charge in [-0.15, -0.1) is 0 Å². The summed E-state index contributed by atoms with van der Waals surface area (Å²) in [6, 6.07) is 0. The lowest BCUT2D eigenvalue weighted by Crippen LogP contribution is -2.19. The molecule has 1 atom stereocenters. The van der Waals surface area contributed by atoms with Gasteiger partial charge in [0, 0.05) is 12.3 Å². The fraction of sp³-hybridized carbons (Fsp3) is 0.600. The van der Waals surface area contributed by atoms with Gasteiger partial charge in [0.25, 0.3) is 0 Å². The van der Waals surface area contributed by atoms with Crippen LogP contribution in [0.1, 0.15) is 39.0 Å². The lowest BCUT2D eigenvalue weighted by Gasteiger charge is -2.13. The number of allylic oxidation sites excluding steroid dienone is 3. The molecular formula is C15H23N. The normalized spacial score (nSPS) is 22.6. The molecule has 1 heteroatoms. The Labute approximate surface area is 100 Å². The van der Waals surface area contributed by atoms with Gasteiger partial charge in [-0.1, -0.05) is 43.1 Å². The molecule has 1 unspecified atom stereocenters. The first-order valence-electron chi connectivity index (χ1n) is 6.36. The van der Waals surface area contributed by atoms with E-state index in [-0.39, 0.29) is 0 Å². The minimum absolute atomic E-state index is 0.393. The van der Waals surface area contributed by atoms with Gasteiger partial charge in [-0.2, -0.15) is 0 Å². The average molecular weight is 217 g/mol. The number of nitrogens with one attached hydrogen (secondary N) is 1. The molecule has 0 spiro atoms. The van der Waals surface area contributed by atoms with Crippen LogP contribution in [-0.4, -0.2) is 13.1 Å². The van der Waals surface area contributed by atoms with Crippen LogP contribution >= 0.6 is 0 Å². The molecule has 0 heterocycles. The molecule has 88 valence electrons. The van der Waals surface area contributed by atoms with Crippen LogP contribution in [0.3, 0.4) is 0 Å². The highest BCUT2D eigenvalue weighted by atomic mass is 14.8. The van der Waals surface area contributed by atoms with E-state index in [0.717, 1.165) is 38.8 Å². The van der Waals surface area contributed by atoms with E-state index >= 15 is 0 Å². The van der Waals surface area contributed by atoms with Gasteiger partial charge in [0.05, 0.1) is 0 Å². The van der Waals surface area contributed by atoms with Crippen molar-refractivity contribution in [3.8, 4) is 11.8 Å². The lowest BCUT2D eigenvalue weighted by atomic mass is 9.94. The first kappa shape index (κ1) is 13.1. The predicted molar refractivity (Wildman–Crippen MR) is 71.2 cm³/mol. The summed E-state index contributed by atoms with van der Waals surface area (Å²) < 4.78 is 0. The zero-order valence-electron chi connectivity index (χ0n) is 10.4. The topological polar surface area (TPSA) is 12.0 Å². The van der Waals surface area contributed by atoms with E-state index in [4.69, 9.17) is 0 Å². The lowest BCUT2D eigenvalue weighted by molar-refractivity contribution is 0.586. The Balaban J connectivity index is 2.39. The third-order valence-corrected chi connectivity index (χ3v) is 2.82. The molecule has 0 bridgehead atoms. The van der Waals surface area contributed by atoms with E-state index < -0.39 is 0 Å². The van der Waals surface area contributed by atoms with Gasteiger partial charge in [0.1, 0.15) is 0 Å². The molecule has 0 aromatic heterocycles. The minimum Gasteiger partial charge on any atom is -0.317 e. The molecular weight excluding hydrogens is 194 g/mol. The molecule has 1 nitrogen and oxygen atoms in total. The average Bonchev–Trinajstić information content (AvgIpc) is 2.38. The van der Waals surface area contributed by atoms with Gasteiger partial charge in [0.2, 0.25) is 0 Å². The maximum absolute atomic E-state index is 4.17. The summed E-state index contributed by atoms with van der Waals surface area (Å²) in [5.74, 6) is 6.96. The molecule has 16 heavy (non-hydrogen) atoms. The summed E-state index contributed by atoms with van der Waals surface area (Å²) in [5, 5.41) is 3.43. The fourth-order valence-corrected chi connectivity index (χ4v) is 1.81. The van der Waals surface area contributed by atoms with Crippen LogP contribution in [0, 0.1) is 17.8 Å². The second-order valence-corrected chi connectivity index (χ2v) is 4.28. The molecule has 0 saturated carbocycles. The SMILES string of the molecule is C=C1CC/C=C\CC#CC1CCNCCC. The van der Waals surface area contributed by atoms with E-state index in [1.165, 1.54) is 12.0 Å². The van der Waals surface area contributed by atoms with Crippen LogP contribution in [-0.2, 0) is 0 Å². The molecule has 1 aliphatic carbocycles. The standard InChI is InChI=1S/C15H23N/c1-3-12-16-13-11-15-10-8-6-4-5-7-9-14(15)2/h4-5,15-16H,2-3,6-7,9,11-13H2,1H3/b5-4-. The van der Waals surface area contributed by atoms with Crippen LogP contribution in [0.2, 0.25) is 0 Å². The molecule has 0 aromatic rings. The molecule has 0 fully saturated rings. The molecule has 1 aliphatic rings. The summed E-state index contributed by atoms with van der Waals surface area (Å²) in [7, 11) is 0. The summed E-state index contributed by atoms with van der Waals surface area (Å²) in [5.41, 5.74) is 1.30. The van der Waals surface area contributed by atoms with E-state index in [9.17, 15) is 0 Å². The highest BCUT2D eigenvalue weighted by Gasteiger charge is 2.09. The summed E-state index contributed by atoms with van der Waals surface area (Å²) in [6.45, 7) is 8.53. The van der Waals surface area contributed by atoms with Crippen LogP contribution in [0.4, 0.5) is 0 Å².